The van der Waals surface area contributed by atoms with Crippen molar-refractivity contribution in [2.75, 3.05) is 31.1 Å². The van der Waals surface area contributed by atoms with Gasteiger partial charge in [-0.2, -0.15) is 5.10 Å². The average Bonchev–Trinajstić information content (AvgIpc) is 2.75. The molecule has 4 rings (SSSR count). The highest BCUT2D eigenvalue weighted by atomic mass is 16.2. The fourth-order valence-electron chi connectivity index (χ4n) is 3.24. The van der Waals surface area contributed by atoms with Gasteiger partial charge in [-0.25, -0.2) is 15.4 Å². The second kappa shape index (κ2) is 7.53. The van der Waals surface area contributed by atoms with Gasteiger partial charge < -0.3 is 9.80 Å². The maximum Gasteiger partial charge on any atom is 0.270 e. The Bertz CT molecular complexity index is 875. The number of nitrogens with zero attached hydrogens (tertiary/aromatic N) is 5. The van der Waals surface area contributed by atoms with Crippen molar-refractivity contribution in [1.29, 1.82) is 0 Å². The smallest absolute Gasteiger partial charge is 0.270 e. The molecule has 0 saturated carbocycles. The maximum absolute atomic E-state index is 12.5. The van der Waals surface area contributed by atoms with Gasteiger partial charge >= 0.3 is 0 Å². The van der Waals surface area contributed by atoms with Crippen molar-refractivity contribution < 1.29 is 9.59 Å². The second-order valence-corrected chi connectivity index (χ2v) is 6.50. The number of hydrogen-bond acceptors (Lipinski definition) is 6. The molecule has 1 N–H and O–H groups in total. The molecule has 0 bridgehead atoms. The molecular weight excluding hydrogens is 344 g/mol. The second-order valence-electron chi connectivity index (χ2n) is 6.50. The summed E-state index contributed by atoms with van der Waals surface area (Å²) in [4.78, 5) is 36.4. The highest BCUT2D eigenvalue weighted by molar-refractivity contribution is 6.39. The molecule has 0 atom stereocenters. The topological polar surface area (TPSA) is 90.8 Å². The molecule has 0 unspecified atom stereocenters. The van der Waals surface area contributed by atoms with E-state index in [9.17, 15) is 9.59 Å². The van der Waals surface area contributed by atoms with Crippen LogP contribution in [0.3, 0.4) is 0 Å². The van der Waals surface area contributed by atoms with Gasteiger partial charge in [-0.1, -0.05) is 30.3 Å². The van der Waals surface area contributed by atoms with E-state index in [1.807, 2.05) is 36.4 Å². The molecule has 3 heterocycles. The van der Waals surface area contributed by atoms with Crippen LogP contribution in [0.4, 0.5) is 5.82 Å². The molecule has 2 amide bonds. The molecular formula is C19H20N6O2. The highest BCUT2D eigenvalue weighted by Gasteiger charge is 2.27. The molecule has 8 heteroatoms. The van der Waals surface area contributed by atoms with E-state index >= 15 is 0 Å². The lowest BCUT2D eigenvalue weighted by Crippen LogP contribution is -2.51. The van der Waals surface area contributed by atoms with Crippen molar-refractivity contribution in [1.82, 2.24) is 20.3 Å². The Balaban J connectivity index is 1.41. The van der Waals surface area contributed by atoms with Gasteiger partial charge in [-0.15, -0.1) is 0 Å². The summed E-state index contributed by atoms with van der Waals surface area (Å²) in [7, 11) is 0. The van der Waals surface area contributed by atoms with Crippen molar-refractivity contribution in [3.05, 3.63) is 42.7 Å². The van der Waals surface area contributed by atoms with Crippen LogP contribution in [-0.4, -0.2) is 58.6 Å². The lowest BCUT2D eigenvalue weighted by molar-refractivity contribution is -0.124. The van der Waals surface area contributed by atoms with Gasteiger partial charge in [-0.3, -0.25) is 9.59 Å². The third kappa shape index (κ3) is 3.79. The molecule has 1 saturated heterocycles. The summed E-state index contributed by atoms with van der Waals surface area (Å²) in [5, 5.41) is 3.90. The van der Waals surface area contributed by atoms with Crippen molar-refractivity contribution in [2.24, 2.45) is 5.10 Å². The van der Waals surface area contributed by atoms with Crippen LogP contribution in [0.15, 0.2) is 47.8 Å². The largest absolute Gasteiger partial charge is 0.353 e. The number of piperazine rings is 1. The molecule has 1 aromatic heterocycles. The molecule has 138 valence electrons. The van der Waals surface area contributed by atoms with Crippen LogP contribution in [0.2, 0.25) is 0 Å². The number of anilines is 1. The molecule has 2 aliphatic rings. The van der Waals surface area contributed by atoms with Gasteiger partial charge in [0, 0.05) is 50.7 Å². The fraction of sp³-hybridized carbons (Fsp3) is 0.316. The first-order chi connectivity index (χ1) is 13.2. The quantitative estimate of drug-likeness (QED) is 0.879. The number of aromatic nitrogens is 2. The minimum Gasteiger partial charge on any atom is -0.353 e. The number of carbonyl (C=O) groups excluding carboxylic acids is 2. The van der Waals surface area contributed by atoms with Gasteiger partial charge in [0.05, 0.1) is 5.69 Å². The molecule has 0 aliphatic carbocycles. The van der Waals surface area contributed by atoms with Gasteiger partial charge in [0.1, 0.15) is 17.9 Å². The third-order valence-electron chi connectivity index (χ3n) is 4.76. The number of amides is 2. The van der Waals surface area contributed by atoms with E-state index in [0.29, 0.717) is 44.7 Å². The predicted octanol–water partition coefficient (Wildman–Crippen LogP) is 1.06. The lowest BCUT2D eigenvalue weighted by Gasteiger charge is -2.35. The van der Waals surface area contributed by atoms with E-state index in [1.165, 1.54) is 0 Å². The number of hydrazone groups is 1. The minimum absolute atomic E-state index is 0.0951. The van der Waals surface area contributed by atoms with Gasteiger partial charge in [0.2, 0.25) is 5.91 Å². The third-order valence-corrected chi connectivity index (χ3v) is 4.76. The number of rotatable bonds is 3. The normalized spacial score (nSPS) is 17.3. The monoisotopic (exact) mass is 364 g/mol. The SMILES string of the molecule is O=C1CCC(C(=O)N2CCN(c3cc(-c4ccccc4)ncn3)CC2)=NN1. The van der Waals surface area contributed by atoms with Gasteiger partial charge in [0.15, 0.2) is 0 Å². The number of carbonyl (C=O) groups is 2. The molecule has 2 aromatic rings. The Kier molecular flexibility index (Phi) is 4.78. The molecule has 1 fully saturated rings. The standard InChI is InChI=1S/C19H20N6O2/c26-18-7-6-15(22-23-18)19(27)25-10-8-24(9-11-25)17-12-16(20-13-21-17)14-4-2-1-3-5-14/h1-5,12-13H,6-11H2,(H,23,26). The first-order valence-electron chi connectivity index (χ1n) is 8.98. The molecule has 0 spiro atoms. The highest BCUT2D eigenvalue weighted by Crippen LogP contribution is 2.21. The zero-order valence-corrected chi connectivity index (χ0v) is 14.8. The number of hydrogen-bond donors (Lipinski definition) is 1. The fourth-order valence-corrected chi connectivity index (χ4v) is 3.24. The number of benzene rings is 1. The summed E-state index contributed by atoms with van der Waals surface area (Å²) >= 11 is 0. The van der Waals surface area contributed by atoms with Crippen LogP contribution in [0, 0.1) is 0 Å². The molecule has 0 radical (unpaired) electrons. The summed E-state index contributed by atoms with van der Waals surface area (Å²) in [6, 6.07) is 12.0. The van der Waals surface area contributed by atoms with E-state index in [2.05, 4.69) is 25.4 Å². The van der Waals surface area contributed by atoms with Crippen molar-refractivity contribution in [2.45, 2.75) is 12.8 Å². The van der Waals surface area contributed by atoms with Crippen LogP contribution in [0.5, 0.6) is 0 Å². The average molecular weight is 364 g/mol. The molecule has 27 heavy (non-hydrogen) atoms. The van der Waals surface area contributed by atoms with Crippen LogP contribution in [0.1, 0.15) is 12.8 Å². The van der Waals surface area contributed by atoms with E-state index in [-0.39, 0.29) is 11.8 Å². The zero-order chi connectivity index (χ0) is 18.6. The zero-order valence-electron chi connectivity index (χ0n) is 14.8. The molecule has 2 aliphatic heterocycles. The van der Waals surface area contributed by atoms with Crippen LogP contribution >= 0.6 is 0 Å². The summed E-state index contributed by atoms with van der Waals surface area (Å²) in [5.41, 5.74) is 4.74. The van der Waals surface area contributed by atoms with Crippen LogP contribution in [0.25, 0.3) is 11.3 Å². The predicted molar refractivity (Wildman–Crippen MR) is 101 cm³/mol. The minimum atomic E-state index is -0.144. The van der Waals surface area contributed by atoms with Crippen molar-refractivity contribution >= 4 is 23.3 Å². The Hall–Kier alpha value is -3.29. The Morgan fingerprint density at radius 2 is 1.78 bits per heavy atom. The van der Waals surface area contributed by atoms with Crippen molar-refractivity contribution in [3.8, 4) is 11.3 Å². The first kappa shape index (κ1) is 17.1. The summed E-state index contributed by atoms with van der Waals surface area (Å²) < 4.78 is 0. The molecule has 8 nitrogen and oxygen atoms in total. The number of nitrogens with one attached hydrogen (secondary N) is 1. The van der Waals surface area contributed by atoms with Crippen LogP contribution < -0.4 is 10.3 Å². The van der Waals surface area contributed by atoms with Gasteiger partial charge in [0.25, 0.3) is 5.91 Å². The Morgan fingerprint density at radius 1 is 1.00 bits per heavy atom. The maximum atomic E-state index is 12.5. The van der Waals surface area contributed by atoms with Gasteiger partial charge in [-0.05, 0) is 0 Å². The Morgan fingerprint density at radius 3 is 2.48 bits per heavy atom. The van der Waals surface area contributed by atoms with Crippen LogP contribution in [-0.2, 0) is 9.59 Å². The molecule has 1 aromatic carbocycles. The summed E-state index contributed by atoms with van der Waals surface area (Å²) in [5.74, 6) is 0.620. The van der Waals surface area contributed by atoms with Crippen molar-refractivity contribution in [3.63, 3.8) is 0 Å². The Labute approximate surface area is 156 Å². The van der Waals surface area contributed by atoms with E-state index in [0.717, 1.165) is 17.1 Å². The van der Waals surface area contributed by atoms with E-state index in [1.54, 1.807) is 11.2 Å². The lowest BCUT2D eigenvalue weighted by atomic mass is 10.1. The summed E-state index contributed by atoms with van der Waals surface area (Å²) in [6.45, 7) is 2.57. The van der Waals surface area contributed by atoms with E-state index < -0.39 is 0 Å². The summed E-state index contributed by atoms with van der Waals surface area (Å²) in [6.07, 6.45) is 2.29. The van der Waals surface area contributed by atoms with E-state index in [4.69, 9.17) is 0 Å². The first-order valence-corrected chi connectivity index (χ1v) is 8.98.